The highest BCUT2D eigenvalue weighted by Gasteiger charge is 2.26. The number of hydrogen-bond acceptors (Lipinski definition) is 2. The minimum absolute atomic E-state index is 0.157. The summed E-state index contributed by atoms with van der Waals surface area (Å²) in [6.45, 7) is 0. The Morgan fingerprint density at radius 3 is 2.95 bits per heavy atom. The molecule has 0 aliphatic carbocycles. The summed E-state index contributed by atoms with van der Waals surface area (Å²) in [7, 11) is 1.60. The van der Waals surface area contributed by atoms with Crippen molar-refractivity contribution < 1.29 is 9.53 Å². The first-order valence-corrected chi connectivity index (χ1v) is 6.07. The van der Waals surface area contributed by atoms with Gasteiger partial charge in [0.05, 0.1) is 24.6 Å². The Labute approximate surface area is 116 Å². The van der Waals surface area contributed by atoms with Crippen molar-refractivity contribution in [2.24, 2.45) is 0 Å². The molecule has 0 saturated heterocycles. The molecule has 98 valence electrons. The standard InChI is InChI=1S/C16H12N2O2/c1-3-11-5-4-6-14-15(11)13(16(19)17-14)10-18-8-7-12(9-18)20-2/h1,4-10H,2H3,(H,17,19). The number of anilines is 1. The molecule has 0 unspecified atom stereocenters. The van der Waals surface area contributed by atoms with Crippen molar-refractivity contribution in [2.75, 3.05) is 12.4 Å². The number of benzene rings is 1. The quantitative estimate of drug-likeness (QED) is 0.668. The van der Waals surface area contributed by atoms with E-state index in [-0.39, 0.29) is 5.91 Å². The molecule has 0 radical (unpaired) electrons. The molecule has 2 heterocycles. The number of terminal acetylenes is 1. The van der Waals surface area contributed by atoms with Crippen LogP contribution < -0.4 is 10.1 Å². The second-order valence-corrected chi connectivity index (χ2v) is 4.37. The van der Waals surface area contributed by atoms with Crippen LogP contribution in [0.3, 0.4) is 0 Å². The first-order valence-electron chi connectivity index (χ1n) is 6.07. The first-order chi connectivity index (χ1) is 9.72. The molecule has 4 heteroatoms. The number of nitrogens with one attached hydrogen (secondary N) is 1. The lowest BCUT2D eigenvalue weighted by Crippen LogP contribution is -2.04. The number of hydrogen-bond donors (Lipinski definition) is 1. The van der Waals surface area contributed by atoms with E-state index in [9.17, 15) is 4.79 Å². The summed E-state index contributed by atoms with van der Waals surface area (Å²) in [4.78, 5) is 12.1. The maximum Gasteiger partial charge on any atom is 0.257 e. The summed E-state index contributed by atoms with van der Waals surface area (Å²) in [6.07, 6.45) is 10.9. The fourth-order valence-electron chi connectivity index (χ4n) is 2.24. The van der Waals surface area contributed by atoms with Crippen molar-refractivity contribution in [3.63, 3.8) is 0 Å². The molecule has 1 aromatic heterocycles. The second kappa shape index (κ2) is 4.63. The van der Waals surface area contributed by atoms with Gasteiger partial charge in [0.2, 0.25) is 0 Å². The molecular formula is C16H12N2O2. The molecule has 1 amide bonds. The minimum atomic E-state index is -0.157. The number of carbonyl (C=O) groups excluding carboxylic acids is 1. The van der Waals surface area contributed by atoms with Gasteiger partial charge in [0.1, 0.15) is 5.75 Å². The van der Waals surface area contributed by atoms with Crippen LogP contribution in [0.4, 0.5) is 5.69 Å². The molecule has 1 aromatic carbocycles. The second-order valence-electron chi connectivity index (χ2n) is 4.37. The molecule has 4 nitrogen and oxygen atoms in total. The lowest BCUT2D eigenvalue weighted by atomic mass is 10.0. The van der Waals surface area contributed by atoms with Crippen molar-refractivity contribution in [1.82, 2.24) is 4.57 Å². The van der Waals surface area contributed by atoms with Gasteiger partial charge in [-0.25, -0.2) is 0 Å². The van der Waals surface area contributed by atoms with Crippen molar-refractivity contribution >= 4 is 23.4 Å². The fraction of sp³-hybridized carbons (Fsp3) is 0.0625. The van der Waals surface area contributed by atoms with Gasteiger partial charge >= 0.3 is 0 Å². The number of aromatic nitrogens is 1. The highest BCUT2D eigenvalue weighted by molar-refractivity contribution is 6.34. The van der Waals surface area contributed by atoms with Gasteiger partial charge in [-0.15, -0.1) is 6.42 Å². The lowest BCUT2D eigenvalue weighted by molar-refractivity contribution is -0.110. The average Bonchev–Trinajstić information content (AvgIpc) is 3.04. The lowest BCUT2D eigenvalue weighted by Gasteiger charge is -2.02. The molecule has 0 bridgehead atoms. The molecule has 1 aliphatic heterocycles. The summed E-state index contributed by atoms with van der Waals surface area (Å²) in [5.74, 6) is 3.18. The monoisotopic (exact) mass is 264 g/mol. The molecular weight excluding hydrogens is 252 g/mol. The predicted molar refractivity (Wildman–Crippen MR) is 78.2 cm³/mol. The zero-order valence-corrected chi connectivity index (χ0v) is 10.9. The van der Waals surface area contributed by atoms with E-state index in [2.05, 4.69) is 11.2 Å². The van der Waals surface area contributed by atoms with E-state index in [4.69, 9.17) is 11.2 Å². The van der Waals surface area contributed by atoms with Crippen LogP contribution in [0.5, 0.6) is 5.75 Å². The summed E-state index contributed by atoms with van der Waals surface area (Å²) >= 11 is 0. The van der Waals surface area contributed by atoms with Crippen molar-refractivity contribution in [2.45, 2.75) is 0 Å². The molecule has 0 atom stereocenters. The third kappa shape index (κ3) is 1.86. The van der Waals surface area contributed by atoms with Crippen LogP contribution in [0.1, 0.15) is 11.1 Å². The molecule has 3 rings (SSSR count). The number of ether oxygens (including phenoxy) is 1. The summed E-state index contributed by atoms with van der Waals surface area (Å²) in [5, 5.41) is 2.82. The summed E-state index contributed by atoms with van der Waals surface area (Å²) < 4.78 is 6.89. The normalized spacial score (nSPS) is 14.8. The maximum absolute atomic E-state index is 12.1. The summed E-state index contributed by atoms with van der Waals surface area (Å²) in [6, 6.07) is 7.31. The zero-order valence-electron chi connectivity index (χ0n) is 10.9. The van der Waals surface area contributed by atoms with Gasteiger partial charge in [0, 0.05) is 23.5 Å². The molecule has 2 aromatic rings. The molecule has 1 aliphatic rings. The Morgan fingerprint density at radius 2 is 2.25 bits per heavy atom. The van der Waals surface area contributed by atoms with Gasteiger partial charge in [0.15, 0.2) is 0 Å². The van der Waals surface area contributed by atoms with Crippen molar-refractivity contribution in [3.8, 4) is 18.1 Å². The zero-order chi connectivity index (χ0) is 14.1. The van der Waals surface area contributed by atoms with E-state index in [1.165, 1.54) is 0 Å². The molecule has 20 heavy (non-hydrogen) atoms. The smallest absolute Gasteiger partial charge is 0.257 e. The van der Waals surface area contributed by atoms with E-state index >= 15 is 0 Å². The Bertz CT molecular complexity index is 763. The van der Waals surface area contributed by atoms with Crippen LogP contribution in [0.15, 0.2) is 36.7 Å². The fourth-order valence-corrected chi connectivity index (χ4v) is 2.24. The number of amides is 1. The van der Waals surface area contributed by atoms with E-state index < -0.39 is 0 Å². The van der Waals surface area contributed by atoms with Gasteiger partial charge in [-0.3, -0.25) is 4.79 Å². The van der Waals surface area contributed by atoms with Crippen LogP contribution in [0, 0.1) is 12.3 Å². The van der Waals surface area contributed by atoms with Crippen LogP contribution >= 0.6 is 0 Å². The van der Waals surface area contributed by atoms with Crippen LogP contribution in [0.2, 0.25) is 0 Å². The largest absolute Gasteiger partial charge is 0.495 e. The Morgan fingerprint density at radius 1 is 1.40 bits per heavy atom. The van der Waals surface area contributed by atoms with Crippen LogP contribution in [0.25, 0.3) is 11.8 Å². The SMILES string of the molecule is C#Cc1cccc2c1C(=Cn1ccc(OC)c1)C(=O)N2. The first kappa shape index (κ1) is 12.1. The highest BCUT2D eigenvalue weighted by Crippen LogP contribution is 2.34. The van der Waals surface area contributed by atoms with Crippen LogP contribution in [-0.4, -0.2) is 17.6 Å². The van der Waals surface area contributed by atoms with E-state index in [0.717, 1.165) is 17.0 Å². The van der Waals surface area contributed by atoms with Crippen molar-refractivity contribution in [3.05, 3.63) is 47.8 Å². The third-order valence-corrected chi connectivity index (χ3v) is 3.18. The van der Waals surface area contributed by atoms with Gasteiger partial charge in [-0.1, -0.05) is 12.0 Å². The third-order valence-electron chi connectivity index (χ3n) is 3.18. The van der Waals surface area contributed by atoms with Gasteiger partial charge in [0.25, 0.3) is 5.91 Å². The molecule has 0 fully saturated rings. The Kier molecular flexibility index (Phi) is 2.81. The number of nitrogens with zero attached hydrogens (tertiary/aromatic N) is 1. The predicted octanol–water partition coefficient (Wildman–Crippen LogP) is 2.43. The van der Waals surface area contributed by atoms with E-state index in [1.807, 2.05) is 30.5 Å². The topological polar surface area (TPSA) is 43.3 Å². The number of methoxy groups -OCH3 is 1. The van der Waals surface area contributed by atoms with E-state index in [0.29, 0.717) is 11.1 Å². The van der Waals surface area contributed by atoms with Gasteiger partial charge in [-0.2, -0.15) is 0 Å². The minimum Gasteiger partial charge on any atom is -0.495 e. The Hall–Kier alpha value is -2.93. The number of rotatable bonds is 2. The van der Waals surface area contributed by atoms with Gasteiger partial charge in [-0.05, 0) is 18.2 Å². The highest BCUT2D eigenvalue weighted by atomic mass is 16.5. The number of fused-ring (bicyclic) bond motifs is 1. The summed E-state index contributed by atoms with van der Waals surface area (Å²) in [5.41, 5.74) is 2.77. The molecule has 1 N–H and O–H groups in total. The molecule has 0 spiro atoms. The van der Waals surface area contributed by atoms with Gasteiger partial charge < -0.3 is 14.6 Å². The maximum atomic E-state index is 12.1. The molecule has 0 saturated carbocycles. The Balaban J connectivity index is 2.12. The van der Waals surface area contributed by atoms with E-state index in [1.54, 1.807) is 24.1 Å². The number of carbonyl (C=O) groups is 1. The average molecular weight is 264 g/mol. The van der Waals surface area contributed by atoms with Crippen molar-refractivity contribution in [1.29, 1.82) is 0 Å². The van der Waals surface area contributed by atoms with Crippen LogP contribution in [-0.2, 0) is 4.79 Å².